The fourth-order valence-electron chi connectivity index (χ4n) is 4.70. The number of hydrogen-bond donors (Lipinski definition) is 3. The summed E-state index contributed by atoms with van der Waals surface area (Å²) in [6.07, 6.45) is 9.69. The van der Waals surface area contributed by atoms with Gasteiger partial charge in [-0.1, -0.05) is 0 Å². The maximum absolute atomic E-state index is 14.5. The molecule has 3 aromatic rings. The number of aromatic amines is 1. The molecule has 33 heavy (non-hydrogen) atoms. The van der Waals surface area contributed by atoms with Crippen molar-refractivity contribution in [1.82, 2.24) is 15.1 Å². The Hall–Kier alpha value is -3.01. The number of carbonyl (C=O) groups excluding carboxylic acids is 2. The number of H-pyrrole nitrogens is 1. The van der Waals surface area contributed by atoms with Crippen LogP contribution in [0.2, 0.25) is 0 Å². The van der Waals surface area contributed by atoms with E-state index in [1.54, 1.807) is 17.0 Å². The Kier molecular flexibility index (Phi) is 4.62. The molecule has 0 atom stereocenters. The Morgan fingerprint density at radius 2 is 1.91 bits per heavy atom. The molecule has 3 amide bonds. The third kappa shape index (κ3) is 3.22. The van der Waals surface area contributed by atoms with Gasteiger partial charge in [0, 0.05) is 10.9 Å². The summed E-state index contributed by atoms with van der Waals surface area (Å²) >= 11 is 0. The van der Waals surface area contributed by atoms with Crippen molar-refractivity contribution in [3.63, 3.8) is 0 Å². The molecule has 0 unspecified atom stereocenters. The van der Waals surface area contributed by atoms with Crippen molar-refractivity contribution in [3.8, 4) is 0 Å². The molecular weight excluding hydrogens is 445 g/mol. The lowest BCUT2D eigenvalue weighted by molar-refractivity contribution is -0.116. The van der Waals surface area contributed by atoms with E-state index in [0.717, 1.165) is 24.1 Å². The zero-order valence-corrected chi connectivity index (χ0v) is 20.2. The Morgan fingerprint density at radius 3 is 2.58 bits per heavy atom. The molecule has 3 heterocycles. The molecule has 3 N–H and O–H groups in total. The number of fused-ring (bicyclic) bond motifs is 2. The highest BCUT2D eigenvalue weighted by atomic mass is 32.3. The van der Waals surface area contributed by atoms with Crippen LogP contribution in [0.4, 0.5) is 20.7 Å². The Balaban J connectivity index is 1.39. The zero-order chi connectivity index (χ0) is 23.8. The number of hydrogen-bond acceptors (Lipinski definition) is 4. The molecule has 0 saturated heterocycles. The molecule has 2 aliphatic rings. The van der Waals surface area contributed by atoms with E-state index in [1.807, 2.05) is 13.8 Å². The number of anilines is 2. The molecule has 8 nitrogen and oxygen atoms in total. The smallest absolute Gasteiger partial charge is 0.323 e. The number of amides is 3. The first kappa shape index (κ1) is 21.8. The topological polar surface area (TPSA) is 103 Å². The normalized spacial score (nSPS) is 18.8. The number of carbonyl (C=O) groups is 2. The summed E-state index contributed by atoms with van der Waals surface area (Å²) in [6.45, 7) is 3.99. The van der Waals surface area contributed by atoms with E-state index in [0.29, 0.717) is 11.2 Å². The predicted octanol–water partition coefficient (Wildman–Crippen LogP) is 4.74. The van der Waals surface area contributed by atoms with E-state index in [4.69, 9.17) is 4.42 Å². The van der Waals surface area contributed by atoms with Crippen LogP contribution in [-0.2, 0) is 16.9 Å². The van der Waals surface area contributed by atoms with Crippen molar-refractivity contribution in [2.75, 3.05) is 29.4 Å². The van der Waals surface area contributed by atoms with Crippen LogP contribution in [-0.4, -0.2) is 50.5 Å². The predicted molar refractivity (Wildman–Crippen MR) is 128 cm³/mol. The summed E-state index contributed by atoms with van der Waals surface area (Å²) in [4.78, 5) is 27.9. The highest BCUT2D eigenvalue weighted by Crippen LogP contribution is 2.64. The van der Waals surface area contributed by atoms with E-state index in [-0.39, 0.29) is 28.5 Å². The number of nitrogens with one attached hydrogen (secondary N) is 3. The number of aromatic nitrogens is 2. The van der Waals surface area contributed by atoms with Gasteiger partial charge in [-0.2, -0.15) is 5.10 Å². The summed E-state index contributed by atoms with van der Waals surface area (Å²) in [5.41, 5.74) is 1.06. The maximum atomic E-state index is 14.5. The molecular formula is C23H28FN5O3S. The fraction of sp³-hybridized carbons (Fsp3) is 0.435. The van der Waals surface area contributed by atoms with Crippen molar-refractivity contribution >= 4 is 44.4 Å². The van der Waals surface area contributed by atoms with Crippen molar-refractivity contribution < 1.29 is 18.4 Å². The summed E-state index contributed by atoms with van der Waals surface area (Å²) in [7, 11) is -1.08. The van der Waals surface area contributed by atoms with Crippen LogP contribution in [0.3, 0.4) is 0 Å². The average molecular weight is 474 g/mol. The van der Waals surface area contributed by atoms with E-state index in [2.05, 4.69) is 39.6 Å². The van der Waals surface area contributed by atoms with Crippen molar-refractivity contribution in [3.05, 3.63) is 41.5 Å². The van der Waals surface area contributed by atoms with Gasteiger partial charge in [0.2, 0.25) is 5.91 Å². The summed E-state index contributed by atoms with van der Waals surface area (Å²) < 4.78 is 19.6. The summed E-state index contributed by atoms with van der Waals surface area (Å²) in [6, 6.07) is 4.14. The molecule has 5 rings (SSSR count). The van der Waals surface area contributed by atoms with Gasteiger partial charge in [0.15, 0.2) is 17.2 Å². The number of rotatable bonds is 4. The molecule has 1 aliphatic heterocycles. The lowest BCUT2D eigenvalue weighted by atomic mass is 10.0. The third-order valence-corrected chi connectivity index (χ3v) is 9.98. The number of nitrogens with zero attached hydrogens (tertiary/aromatic N) is 2. The molecule has 2 aromatic heterocycles. The van der Waals surface area contributed by atoms with Crippen molar-refractivity contribution in [1.29, 1.82) is 0 Å². The molecule has 0 spiro atoms. The highest BCUT2D eigenvalue weighted by molar-refractivity contribution is 8.34. The molecule has 1 aromatic carbocycles. The first-order chi connectivity index (χ1) is 15.5. The summed E-state index contributed by atoms with van der Waals surface area (Å²) in [5, 5.41) is 13.7. The second-order valence-corrected chi connectivity index (χ2v) is 14.5. The van der Waals surface area contributed by atoms with E-state index in [1.165, 1.54) is 12.3 Å². The maximum Gasteiger partial charge on any atom is 0.323 e. The van der Waals surface area contributed by atoms with Gasteiger partial charge in [-0.05, 0) is 63.7 Å². The first-order valence-electron chi connectivity index (χ1n) is 10.8. The van der Waals surface area contributed by atoms with Crippen molar-refractivity contribution in [2.45, 2.75) is 43.5 Å². The molecule has 10 heteroatoms. The highest BCUT2D eigenvalue weighted by Gasteiger charge is 2.56. The van der Waals surface area contributed by atoms with E-state index >= 15 is 0 Å². The van der Waals surface area contributed by atoms with Crippen LogP contribution in [0.1, 0.15) is 37.9 Å². The van der Waals surface area contributed by atoms with Gasteiger partial charge in [-0.15, -0.1) is 0 Å². The minimum atomic E-state index is -1.08. The van der Waals surface area contributed by atoms with Crippen LogP contribution in [0, 0.1) is 5.82 Å². The lowest BCUT2D eigenvalue weighted by Crippen LogP contribution is -2.43. The Bertz CT molecular complexity index is 1280. The molecule has 1 saturated carbocycles. The molecule has 0 bridgehead atoms. The fourth-order valence-corrected chi connectivity index (χ4v) is 6.63. The number of benzene rings is 1. The Labute approximate surface area is 192 Å². The van der Waals surface area contributed by atoms with Crippen LogP contribution in [0.5, 0.6) is 0 Å². The first-order valence-corrected chi connectivity index (χ1v) is 13.6. The van der Waals surface area contributed by atoms with Gasteiger partial charge in [-0.3, -0.25) is 9.89 Å². The van der Waals surface area contributed by atoms with E-state index in [9.17, 15) is 14.0 Å². The summed E-state index contributed by atoms with van der Waals surface area (Å²) in [5.74, 6) is -0.130. The van der Waals surface area contributed by atoms with Crippen LogP contribution < -0.4 is 10.6 Å². The minimum Gasteiger partial charge on any atom is -0.462 e. The van der Waals surface area contributed by atoms with Gasteiger partial charge in [0.25, 0.3) is 0 Å². The largest absolute Gasteiger partial charge is 0.462 e. The molecule has 0 radical (unpaired) electrons. The second-order valence-electron chi connectivity index (χ2n) is 10.0. The van der Waals surface area contributed by atoms with E-state index < -0.39 is 27.4 Å². The van der Waals surface area contributed by atoms with Gasteiger partial charge in [0.1, 0.15) is 5.69 Å². The van der Waals surface area contributed by atoms with Crippen LogP contribution in [0.25, 0.3) is 11.0 Å². The monoisotopic (exact) mass is 473 g/mol. The van der Waals surface area contributed by atoms with Crippen molar-refractivity contribution in [2.24, 2.45) is 0 Å². The molecule has 1 aliphatic carbocycles. The second kappa shape index (κ2) is 6.99. The van der Waals surface area contributed by atoms with Gasteiger partial charge >= 0.3 is 6.03 Å². The van der Waals surface area contributed by atoms with Crippen LogP contribution >= 0.6 is 10.0 Å². The third-order valence-electron chi connectivity index (χ3n) is 7.04. The number of furan rings is 1. The number of halogens is 1. The zero-order valence-electron chi connectivity index (χ0n) is 19.3. The minimum absolute atomic E-state index is 0.00402. The standard InChI is InChI=1S/C23H28FN5O3S/c1-22(2)18-14(19(28-27-18)26-20(30)23(9-10-23)33(3,4)5)12-29(22)21(31)25-16-15(24)7-6-13-8-11-32-17(13)16/h6-8,11H,9-10,12H2,1-5H3,(H,25,31)(H2,26,27,28,30). The number of urea groups is 1. The van der Waals surface area contributed by atoms with Gasteiger partial charge in [-0.25, -0.2) is 19.2 Å². The molecule has 1 fully saturated rings. The lowest BCUT2D eigenvalue weighted by Gasteiger charge is -2.35. The van der Waals surface area contributed by atoms with Gasteiger partial charge < -0.3 is 20.0 Å². The van der Waals surface area contributed by atoms with Gasteiger partial charge in [0.05, 0.1) is 28.8 Å². The average Bonchev–Trinajstić information content (AvgIpc) is 3.15. The van der Waals surface area contributed by atoms with Crippen LogP contribution in [0.15, 0.2) is 28.9 Å². The Morgan fingerprint density at radius 1 is 1.18 bits per heavy atom. The quantitative estimate of drug-likeness (QED) is 0.509. The SMILES string of the molecule is CC1(C)c2[nH]nc(NC(=O)C3(S(C)(C)C)CC3)c2CN1C(=O)Nc1c(F)ccc2ccoc12. The molecule has 176 valence electrons.